The molecule has 0 fully saturated rings. The van der Waals surface area contributed by atoms with Crippen LogP contribution < -0.4 is 5.76 Å². The van der Waals surface area contributed by atoms with Crippen molar-refractivity contribution in [1.29, 1.82) is 0 Å². The zero-order chi connectivity index (χ0) is 10.5. The van der Waals surface area contributed by atoms with Gasteiger partial charge in [0.15, 0.2) is 0 Å². The Morgan fingerprint density at radius 1 is 1.62 bits per heavy atom. The summed E-state index contributed by atoms with van der Waals surface area (Å²) in [5, 5.41) is 3.08. The molecule has 1 aromatic heterocycles. The van der Waals surface area contributed by atoms with Gasteiger partial charge in [-0.15, -0.1) is 0 Å². The summed E-state index contributed by atoms with van der Waals surface area (Å²) < 4.78 is 3.97. The summed E-state index contributed by atoms with van der Waals surface area (Å²) in [6.45, 7) is 9.42. The minimum absolute atomic E-state index is 0.519. The standard InChI is InChI=1S/C5H8.C2H2N2O2.C2H6/c1-3-5-4-2;5-2-3-1-4-6-2;1-2/h3-5H,1H2,2H3;1H,(H,3,4,5);1-2H3/b5-4-;;. The largest absolute Gasteiger partial charge is 0.438 e. The first kappa shape index (κ1) is 14.0. The van der Waals surface area contributed by atoms with Crippen molar-refractivity contribution in [2.75, 3.05) is 0 Å². The second kappa shape index (κ2) is 13.0. The van der Waals surface area contributed by atoms with Crippen LogP contribution >= 0.6 is 0 Å². The molecule has 0 aliphatic rings. The van der Waals surface area contributed by atoms with E-state index < -0.39 is 5.76 Å². The number of hydrogen-bond donors (Lipinski definition) is 1. The van der Waals surface area contributed by atoms with E-state index >= 15 is 0 Å². The predicted molar refractivity (Wildman–Crippen MR) is 53.5 cm³/mol. The number of hydrogen-bond acceptors (Lipinski definition) is 3. The SMILES string of the molecule is C=C/C=C\C.CC.O=c1[nH]cno1. The molecule has 74 valence electrons. The van der Waals surface area contributed by atoms with Crippen LogP contribution in [0.4, 0.5) is 0 Å². The van der Waals surface area contributed by atoms with Gasteiger partial charge < -0.3 is 0 Å². The summed E-state index contributed by atoms with van der Waals surface area (Å²) in [5.74, 6) is -0.519. The third-order valence-corrected chi connectivity index (χ3v) is 0.699. The predicted octanol–water partition coefficient (Wildman–Crippen LogP) is 2.14. The molecule has 4 heteroatoms. The molecule has 0 aliphatic carbocycles. The highest BCUT2D eigenvalue weighted by molar-refractivity contribution is 4.94. The van der Waals surface area contributed by atoms with Crippen molar-refractivity contribution in [1.82, 2.24) is 10.1 Å². The lowest BCUT2D eigenvalue weighted by molar-refractivity contribution is 0.386. The van der Waals surface area contributed by atoms with Gasteiger partial charge in [-0.2, -0.15) is 0 Å². The molecule has 1 N–H and O–H groups in total. The smallest absolute Gasteiger partial charge is 0.296 e. The second-order valence-corrected chi connectivity index (χ2v) is 1.52. The maximum atomic E-state index is 9.78. The Bertz CT molecular complexity index is 244. The molecule has 0 unspecified atom stereocenters. The summed E-state index contributed by atoms with van der Waals surface area (Å²) in [6, 6.07) is 0. The molecule has 0 amide bonds. The van der Waals surface area contributed by atoms with Crippen LogP contribution in [-0.2, 0) is 0 Å². The third kappa shape index (κ3) is 13.4. The first-order valence-corrected chi connectivity index (χ1v) is 4.04. The van der Waals surface area contributed by atoms with Crippen LogP contribution in [0.3, 0.4) is 0 Å². The van der Waals surface area contributed by atoms with Gasteiger partial charge in [-0.3, -0.25) is 9.51 Å². The summed E-state index contributed by atoms with van der Waals surface area (Å²) in [7, 11) is 0. The second-order valence-electron chi connectivity index (χ2n) is 1.52. The fourth-order valence-corrected chi connectivity index (χ4v) is 0.316. The van der Waals surface area contributed by atoms with Crippen LogP contribution in [0.2, 0.25) is 0 Å². The zero-order valence-electron chi connectivity index (χ0n) is 8.28. The lowest BCUT2D eigenvalue weighted by Crippen LogP contribution is -1.92. The van der Waals surface area contributed by atoms with Gasteiger partial charge in [-0.1, -0.05) is 43.8 Å². The zero-order valence-corrected chi connectivity index (χ0v) is 8.28. The molecular weight excluding hydrogens is 168 g/mol. The molecule has 0 spiro atoms. The molecular formula is C9H16N2O2. The number of nitrogens with one attached hydrogen (secondary N) is 1. The number of aromatic nitrogens is 2. The average Bonchev–Trinajstić information content (AvgIpc) is 2.62. The molecule has 0 aliphatic heterocycles. The Kier molecular flexibility index (Phi) is 14.0. The Labute approximate surface area is 78.0 Å². The first-order valence-electron chi connectivity index (χ1n) is 4.04. The van der Waals surface area contributed by atoms with Gasteiger partial charge in [0.05, 0.1) is 0 Å². The van der Waals surface area contributed by atoms with Crippen molar-refractivity contribution >= 4 is 0 Å². The average molecular weight is 184 g/mol. The molecule has 0 bridgehead atoms. The highest BCUT2D eigenvalue weighted by Crippen LogP contribution is 1.64. The van der Waals surface area contributed by atoms with Crippen molar-refractivity contribution in [3.05, 3.63) is 41.7 Å². The molecule has 1 heterocycles. The van der Waals surface area contributed by atoms with Crippen LogP contribution in [-0.4, -0.2) is 10.1 Å². The van der Waals surface area contributed by atoms with Crippen molar-refractivity contribution in [2.45, 2.75) is 20.8 Å². The van der Waals surface area contributed by atoms with Crippen molar-refractivity contribution in [3.8, 4) is 0 Å². The fraction of sp³-hybridized carbons (Fsp3) is 0.333. The molecule has 13 heavy (non-hydrogen) atoms. The van der Waals surface area contributed by atoms with E-state index in [4.69, 9.17) is 0 Å². The van der Waals surface area contributed by atoms with Crippen molar-refractivity contribution in [3.63, 3.8) is 0 Å². The molecule has 1 aromatic rings. The van der Waals surface area contributed by atoms with Crippen LogP contribution in [0.1, 0.15) is 20.8 Å². The maximum absolute atomic E-state index is 9.78. The van der Waals surface area contributed by atoms with Gasteiger partial charge in [0.25, 0.3) is 0 Å². The van der Waals surface area contributed by atoms with Crippen molar-refractivity contribution in [2.24, 2.45) is 0 Å². The monoisotopic (exact) mass is 184 g/mol. The van der Waals surface area contributed by atoms with Gasteiger partial charge in [0.2, 0.25) is 0 Å². The molecule has 0 saturated carbocycles. The number of nitrogens with zero attached hydrogens (tertiary/aromatic N) is 1. The van der Waals surface area contributed by atoms with Crippen molar-refractivity contribution < 1.29 is 4.52 Å². The van der Waals surface area contributed by atoms with Crippen LogP contribution in [0, 0.1) is 0 Å². The summed E-state index contributed by atoms with van der Waals surface area (Å²) in [4.78, 5) is 12.0. The fourth-order valence-electron chi connectivity index (χ4n) is 0.316. The van der Waals surface area contributed by atoms with E-state index in [0.717, 1.165) is 0 Å². The number of allylic oxidation sites excluding steroid dienone is 3. The van der Waals surface area contributed by atoms with Gasteiger partial charge in [0.1, 0.15) is 6.33 Å². The van der Waals surface area contributed by atoms with E-state index in [1.54, 1.807) is 6.08 Å². The van der Waals surface area contributed by atoms with Gasteiger partial charge in [-0.25, -0.2) is 4.79 Å². The number of rotatable bonds is 1. The molecule has 0 atom stereocenters. The van der Waals surface area contributed by atoms with E-state index in [2.05, 4.69) is 21.2 Å². The van der Waals surface area contributed by atoms with Gasteiger partial charge >= 0.3 is 5.76 Å². The minimum atomic E-state index is -0.519. The topological polar surface area (TPSA) is 58.9 Å². The Balaban J connectivity index is 0. The Morgan fingerprint density at radius 3 is 2.31 bits per heavy atom. The van der Waals surface area contributed by atoms with E-state index in [0.29, 0.717) is 0 Å². The summed E-state index contributed by atoms with van der Waals surface area (Å²) in [5.41, 5.74) is 0. The van der Waals surface area contributed by atoms with Crippen LogP contribution in [0.15, 0.2) is 40.5 Å². The van der Waals surface area contributed by atoms with Crippen LogP contribution in [0.25, 0.3) is 0 Å². The van der Waals surface area contributed by atoms with E-state index in [-0.39, 0.29) is 0 Å². The molecule has 0 saturated heterocycles. The van der Waals surface area contributed by atoms with Gasteiger partial charge in [-0.05, 0) is 6.92 Å². The maximum Gasteiger partial charge on any atom is 0.438 e. The highest BCUT2D eigenvalue weighted by Gasteiger charge is 1.74. The summed E-state index contributed by atoms with van der Waals surface area (Å²) >= 11 is 0. The minimum Gasteiger partial charge on any atom is -0.296 e. The quantitative estimate of drug-likeness (QED) is 0.680. The lowest BCUT2D eigenvalue weighted by atomic mass is 10.5. The highest BCUT2D eigenvalue weighted by atomic mass is 16.5. The number of aromatic amines is 1. The first-order chi connectivity index (χ1) is 6.31. The number of H-pyrrole nitrogens is 1. The molecule has 0 aromatic carbocycles. The summed E-state index contributed by atoms with van der Waals surface area (Å²) in [6.07, 6.45) is 6.76. The molecule has 0 radical (unpaired) electrons. The van der Waals surface area contributed by atoms with Gasteiger partial charge in [0, 0.05) is 0 Å². The van der Waals surface area contributed by atoms with E-state index in [1.165, 1.54) is 6.33 Å². The van der Waals surface area contributed by atoms with E-state index in [1.807, 2.05) is 32.9 Å². The Morgan fingerprint density at radius 2 is 2.23 bits per heavy atom. The normalized spacial score (nSPS) is 7.92. The van der Waals surface area contributed by atoms with E-state index in [9.17, 15) is 4.79 Å². The van der Waals surface area contributed by atoms with Crippen LogP contribution in [0.5, 0.6) is 0 Å². The molecule has 4 nitrogen and oxygen atoms in total. The molecule has 1 rings (SSSR count). The Hall–Kier alpha value is -1.58. The third-order valence-electron chi connectivity index (χ3n) is 0.699. The lowest BCUT2D eigenvalue weighted by Gasteiger charge is -1.56.